The predicted octanol–water partition coefficient (Wildman–Crippen LogP) is 2.98. The number of guanidine groups is 1. The van der Waals surface area contributed by atoms with Crippen molar-refractivity contribution in [2.75, 3.05) is 13.2 Å². The molecule has 9 nitrogen and oxygen atoms in total. The fraction of sp³-hybridized carbons (Fsp3) is 0.160. The summed E-state index contributed by atoms with van der Waals surface area (Å²) in [5.74, 6) is -1.42. The summed E-state index contributed by atoms with van der Waals surface area (Å²) in [5.41, 5.74) is 7.74. The molecule has 0 saturated heterocycles. The van der Waals surface area contributed by atoms with Crippen LogP contribution in [0.5, 0.6) is 0 Å². The van der Waals surface area contributed by atoms with Gasteiger partial charge in [0.2, 0.25) is 11.9 Å². The van der Waals surface area contributed by atoms with Crippen molar-refractivity contribution < 1.29 is 18.3 Å². The Balaban J connectivity index is 1.81. The molecule has 2 atom stereocenters. The molecule has 1 aliphatic heterocycles. The molecule has 0 spiro atoms. The molecule has 0 aliphatic carbocycles. The van der Waals surface area contributed by atoms with Gasteiger partial charge in [0.05, 0.1) is 23.8 Å². The van der Waals surface area contributed by atoms with E-state index in [-0.39, 0.29) is 23.3 Å². The van der Waals surface area contributed by atoms with Crippen LogP contribution in [0.4, 0.5) is 0 Å². The zero-order valence-corrected chi connectivity index (χ0v) is 21.7. The molecule has 0 radical (unpaired) electrons. The van der Waals surface area contributed by atoms with E-state index in [9.17, 15) is 18.3 Å². The second-order valence-corrected chi connectivity index (χ2v) is 10.6. The Morgan fingerprint density at radius 1 is 1.05 bits per heavy atom. The second kappa shape index (κ2) is 11.3. The molecule has 1 heterocycles. The van der Waals surface area contributed by atoms with Crippen molar-refractivity contribution in [1.82, 2.24) is 10.3 Å². The summed E-state index contributed by atoms with van der Waals surface area (Å²) in [6, 6.07) is 20.8. The minimum absolute atomic E-state index is 0.114. The highest BCUT2D eigenvalue weighted by Crippen LogP contribution is 2.30. The van der Waals surface area contributed by atoms with Gasteiger partial charge in [0.25, 0.3) is 10.0 Å². The highest BCUT2D eigenvalue weighted by molar-refractivity contribution is 7.90. The van der Waals surface area contributed by atoms with E-state index in [0.29, 0.717) is 15.8 Å². The minimum Gasteiger partial charge on any atom is -0.394 e. The van der Waals surface area contributed by atoms with Gasteiger partial charge in [0.15, 0.2) is 0 Å². The predicted molar refractivity (Wildman–Crippen MR) is 143 cm³/mol. The first-order valence-corrected chi connectivity index (χ1v) is 13.3. The third kappa shape index (κ3) is 6.28. The van der Waals surface area contributed by atoms with Crippen LogP contribution in [0.2, 0.25) is 10.0 Å². The van der Waals surface area contributed by atoms with E-state index in [2.05, 4.69) is 14.8 Å². The van der Waals surface area contributed by atoms with E-state index in [1.165, 1.54) is 29.3 Å². The maximum absolute atomic E-state index is 13.2. The number of carbonyl (C=O) groups excluding carboxylic acids is 1. The van der Waals surface area contributed by atoms with Crippen LogP contribution in [0.25, 0.3) is 0 Å². The minimum atomic E-state index is -4.26. The molecule has 12 heteroatoms. The van der Waals surface area contributed by atoms with Crippen molar-refractivity contribution >= 4 is 50.8 Å². The first kappa shape index (κ1) is 26.6. The lowest BCUT2D eigenvalue weighted by Crippen LogP contribution is -2.51. The van der Waals surface area contributed by atoms with Crippen molar-refractivity contribution in [3.63, 3.8) is 0 Å². The number of hydrazone groups is 1. The lowest BCUT2D eigenvalue weighted by molar-refractivity contribution is -0.120. The lowest BCUT2D eigenvalue weighted by Gasteiger charge is -2.22. The van der Waals surface area contributed by atoms with Crippen LogP contribution in [0, 0.1) is 0 Å². The fourth-order valence-corrected chi connectivity index (χ4v) is 4.96. The van der Waals surface area contributed by atoms with Crippen LogP contribution in [0.15, 0.2) is 93.3 Å². The van der Waals surface area contributed by atoms with Gasteiger partial charge < -0.3 is 16.2 Å². The maximum atomic E-state index is 13.2. The van der Waals surface area contributed by atoms with Crippen molar-refractivity contribution in [1.29, 1.82) is 0 Å². The zero-order valence-electron chi connectivity index (χ0n) is 19.3. The second-order valence-electron chi connectivity index (χ2n) is 8.16. The SMILES string of the molecule is NC(=O)C(CO)N/C(=N\S(=O)(=O)c1ccc(Cl)cc1)N1CC(c2ccccc2)C(c2ccc(Cl)cc2)=N1. The molecule has 4 N–H and O–H groups in total. The Hall–Kier alpha value is -3.44. The van der Waals surface area contributed by atoms with Gasteiger partial charge in [-0.25, -0.2) is 5.01 Å². The number of nitrogens with one attached hydrogen (secondary N) is 1. The van der Waals surface area contributed by atoms with Gasteiger partial charge in [-0.2, -0.15) is 13.5 Å². The topological polar surface area (TPSA) is 137 Å². The third-order valence-electron chi connectivity index (χ3n) is 5.65. The van der Waals surface area contributed by atoms with Crippen LogP contribution in [-0.2, 0) is 14.8 Å². The quantitative estimate of drug-likeness (QED) is 0.300. The van der Waals surface area contributed by atoms with E-state index in [0.717, 1.165) is 11.1 Å². The number of hydrogen-bond donors (Lipinski definition) is 3. The van der Waals surface area contributed by atoms with Gasteiger partial charge in [-0.05, 0) is 47.5 Å². The van der Waals surface area contributed by atoms with Gasteiger partial charge in [-0.3, -0.25) is 4.79 Å². The number of sulfonamides is 1. The summed E-state index contributed by atoms with van der Waals surface area (Å²) in [4.78, 5) is 11.8. The zero-order chi connectivity index (χ0) is 26.6. The van der Waals surface area contributed by atoms with Crippen molar-refractivity contribution in [2.45, 2.75) is 16.9 Å². The fourth-order valence-electron chi connectivity index (χ4n) is 3.75. The number of aliphatic hydroxyl groups is 1. The summed E-state index contributed by atoms with van der Waals surface area (Å²) < 4.78 is 30.2. The molecular formula is C25H23Cl2N5O4S. The summed E-state index contributed by atoms with van der Waals surface area (Å²) >= 11 is 12.0. The summed E-state index contributed by atoms with van der Waals surface area (Å²) in [6.45, 7) is -0.486. The van der Waals surface area contributed by atoms with Crippen LogP contribution in [0.1, 0.15) is 17.0 Å². The first-order chi connectivity index (χ1) is 17.7. The van der Waals surface area contributed by atoms with Crippen molar-refractivity contribution in [2.24, 2.45) is 15.2 Å². The molecule has 192 valence electrons. The van der Waals surface area contributed by atoms with E-state index in [4.69, 9.17) is 28.9 Å². The van der Waals surface area contributed by atoms with Gasteiger partial charge >= 0.3 is 0 Å². The summed E-state index contributed by atoms with van der Waals surface area (Å²) in [6.07, 6.45) is 0. The van der Waals surface area contributed by atoms with Gasteiger partial charge in [-0.15, -0.1) is 4.40 Å². The molecule has 0 fully saturated rings. The molecule has 37 heavy (non-hydrogen) atoms. The average molecular weight is 560 g/mol. The molecule has 4 rings (SSSR count). The summed E-state index contributed by atoms with van der Waals surface area (Å²) in [7, 11) is -4.26. The van der Waals surface area contributed by atoms with Gasteiger partial charge in [0, 0.05) is 16.0 Å². The number of benzene rings is 3. The monoisotopic (exact) mass is 559 g/mol. The average Bonchev–Trinajstić information content (AvgIpc) is 3.33. The molecule has 0 saturated carbocycles. The standard InChI is InChI=1S/C25H23Cl2N5O4S/c26-18-8-6-17(7-9-18)23-21(16-4-2-1-3-5-16)14-32(30-23)25(29-22(15-33)24(28)34)31-37(35,36)20-12-10-19(27)11-13-20/h1-13,21-22,33H,14-15H2,(H2,28,34)(H,29,31). The largest absolute Gasteiger partial charge is 0.394 e. The Morgan fingerprint density at radius 2 is 1.65 bits per heavy atom. The smallest absolute Gasteiger partial charge is 0.285 e. The number of carbonyl (C=O) groups is 1. The van der Waals surface area contributed by atoms with E-state index < -0.39 is 28.6 Å². The molecule has 3 aromatic rings. The number of aliphatic hydroxyl groups excluding tert-OH is 1. The number of rotatable bonds is 7. The molecule has 0 aromatic heterocycles. The number of halogens is 2. The Bertz CT molecular complexity index is 1430. The number of nitrogens with two attached hydrogens (primary N) is 1. The van der Waals surface area contributed by atoms with Crippen LogP contribution >= 0.6 is 23.2 Å². The molecular weight excluding hydrogens is 537 g/mol. The van der Waals surface area contributed by atoms with E-state index in [1.54, 1.807) is 12.1 Å². The van der Waals surface area contributed by atoms with E-state index >= 15 is 0 Å². The van der Waals surface area contributed by atoms with Gasteiger partial charge in [-0.1, -0.05) is 65.7 Å². The summed E-state index contributed by atoms with van der Waals surface area (Å²) in [5, 5.41) is 19.3. The Morgan fingerprint density at radius 3 is 2.22 bits per heavy atom. The van der Waals surface area contributed by atoms with Crippen molar-refractivity contribution in [3.8, 4) is 0 Å². The number of nitrogens with zero attached hydrogens (tertiary/aromatic N) is 3. The Labute approximate surface area is 224 Å². The molecule has 2 unspecified atom stereocenters. The lowest BCUT2D eigenvalue weighted by atomic mass is 9.91. The highest BCUT2D eigenvalue weighted by atomic mass is 35.5. The highest BCUT2D eigenvalue weighted by Gasteiger charge is 2.34. The maximum Gasteiger partial charge on any atom is 0.285 e. The van der Waals surface area contributed by atoms with E-state index in [1.807, 2.05) is 42.5 Å². The molecule has 0 bridgehead atoms. The molecule has 3 aromatic carbocycles. The molecule has 1 aliphatic rings. The Kier molecular flexibility index (Phi) is 8.13. The van der Waals surface area contributed by atoms with Crippen LogP contribution in [-0.4, -0.2) is 55.3 Å². The number of primary amides is 1. The van der Waals surface area contributed by atoms with Crippen molar-refractivity contribution in [3.05, 3.63) is 100 Å². The van der Waals surface area contributed by atoms with Crippen LogP contribution < -0.4 is 11.1 Å². The normalized spacial score (nSPS) is 16.8. The van der Waals surface area contributed by atoms with Gasteiger partial charge in [0.1, 0.15) is 6.04 Å². The number of amides is 1. The first-order valence-electron chi connectivity index (χ1n) is 11.1. The number of hydrogen-bond acceptors (Lipinski definition) is 5. The molecule has 1 amide bonds. The van der Waals surface area contributed by atoms with Crippen LogP contribution in [0.3, 0.4) is 0 Å². The third-order valence-corrected chi connectivity index (χ3v) is 7.43.